The Balaban J connectivity index is 4.42. The second-order valence-corrected chi connectivity index (χ2v) is 20.2. The Kier molecular flexibility index (Phi) is 47.7. The second-order valence-electron chi connectivity index (χ2n) is 18.8. The molecule has 0 aliphatic carbocycles. The number of quaternary nitrogens is 1. The van der Waals surface area contributed by atoms with Gasteiger partial charge in [0.2, 0.25) is 5.91 Å². The second kappa shape index (κ2) is 50.3. The van der Waals surface area contributed by atoms with Gasteiger partial charge in [-0.15, -0.1) is 0 Å². The summed E-state index contributed by atoms with van der Waals surface area (Å²) in [6.45, 7) is 4.44. The maximum Gasteiger partial charge on any atom is 0.268 e. The summed E-state index contributed by atoms with van der Waals surface area (Å²) < 4.78 is 23.2. The number of unbranched alkanes of at least 4 members (excludes halogenated alkanes) is 12. The quantitative estimate of drug-likeness (QED) is 0.0272. The number of phosphoric acid groups is 1. The number of aliphatic hydroxyl groups excluding tert-OH is 1. The first-order chi connectivity index (χ1) is 34.0. The van der Waals surface area contributed by atoms with Crippen molar-refractivity contribution in [3.8, 4) is 0 Å². The highest BCUT2D eigenvalue weighted by Crippen LogP contribution is 2.38. The predicted molar refractivity (Wildman–Crippen MR) is 301 cm³/mol. The molecule has 3 unspecified atom stereocenters. The third kappa shape index (κ3) is 52.2. The van der Waals surface area contributed by atoms with E-state index in [9.17, 15) is 19.4 Å². The standard InChI is InChI=1S/C61H101N2O6P/c1-6-8-10-12-14-16-18-20-22-24-25-26-27-28-29-30-31-32-33-34-35-36-37-39-41-43-45-47-49-51-53-55-61(65)62-59(58-69-70(66,67)68-57-56-63(3,4)5)60(64)54-52-50-48-46-44-42-40-38-23-21-19-17-15-13-11-9-7-2/h8,10,14,16,20,22-23,25-26,28-29,31-32,34-35,37-39,43-46,52,54,59-60,64H,6-7,9,11-13,15,17-19,21,24,27,30,33,36,40-42,47-51,53,55-58H2,1-5H3,(H-,62,65,66,67)/b10-8-,16-14-,22-20-,26-25-,29-28-,32-31-,35-34-,38-23+,39-37-,45-43-,46-44+,54-52+. The Morgan fingerprint density at radius 1 is 0.514 bits per heavy atom. The molecule has 3 atom stereocenters. The molecule has 0 aliphatic heterocycles. The van der Waals surface area contributed by atoms with E-state index in [1.165, 1.54) is 44.9 Å². The van der Waals surface area contributed by atoms with Gasteiger partial charge in [0, 0.05) is 6.42 Å². The summed E-state index contributed by atoms with van der Waals surface area (Å²) in [6, 6.07) is -0.939. The van der Waals surface area contributed by atoms with Gasteiger partial charge < -0.3 is 28.8 Å². The number of carbonyl (C=O) groups excluding carboxylic acids is 1. The van der Waals surface area contributed by atoms with Crippen molar-refractivity contribution in [2.75, 3.05) is 40.9 Å². The molecule has 8 nitrogen and oxygen atoms in total. The maximum atomic E-state index is 12.9. The Morgan fingerprint density at radius 2 is 0.886 bits per heavy atom. The SMILES string of the molecule is CC/C=C\C/C=C\C/C=C\C/C=C\C/C=C\C/C=C\C/C=C\C/C=C\C/C=C\CCCCCC(=O)NC(COP(=O)([O-])OCC[N+](C)(C)C)C(O)/C=C/CC/C=C/CC/C=C/CCCCCCCCC. The van der Waals surface area contributed by atoms with Crippen molar-refractivity contribution in [3.63, 3.8) is 0 Å². The lowest BCUT2D eigenvalue weighted by Gasteiger charge is -2.29. The number of hydrogen-bond donors (Lipinski definition) is 2. The van der Waals surface area contributed by atoms with Gasteiger partial charge in [-0.05, 0) is 116 Å². The van der Waals surface area contributed by atoms with E-state index in [0.717, 1.165) is 103 Å². The summed E-state index contributed by atoms with van der Waals surface area (Å²) >= 11 is 0. The number of likely N-dealkylation sites (N-methyl/N-ethyl adjacent to an activating group) is 1. The summed E-state index contributed by atoms with van der Waals surface area (Å²) in [7, 11) is 1.18. The summed E-state index contributed by atoms with van der Waals surface area (Å²) in [6.07, 6.45) is 77.7. The molecule has 0 aromatic rings. The molecule has 0 radical (unpaired) electrons. The Morgan fingerprint density at radius 3 is 1.33 bits per heavy atom. The normalized spacial score (nSPS) is 15.1. The van der Waals surface area contributed by atoms with Gasteiger partial charge in [-0.3, -0.25) is 9.36 Å². The molecule has 0 heterocycles. The lowest BCUT2D eigenvalue weighted by Crippen LogP contribution is -2.45. The molecule has 70 heavy (non-hydrogen) atoms. The molecule has 0 bridgehead atoms. The summed E-state index contributed by atoms with van der Waals surface area (Å²) in [5.74, 6) is -0.251. The number of amides is 1. The third-order valence-corrected chi connectivity index (χ3v) is 12.0. The molecule has 0 fully saturated rings. The number of allylic oxidation sites excluding steroid dienone is 23. The minimum absolute atomic E-state index is 0.0247. The van der Waals surface area contributed by atoms with Crippen LogP contribution in [-0.4, -0.2) is 68.5 Å². The maximum absolute atomic E-state index is 12.9. The van der Waals surface area contributed by atoms with Gasteiger partial charge in [0.15, 0.2) is 0 Å². The van der Waals surface area contributed by atoms with Crippen LogP contribution in [0.3, 0.4) is 0 Å². The van der Waals surface area contributed by atoms with Gasteiger partial charge in [0.25, 0.3) is 7.82 Å². The predicted octanol–water partition coefficient (Wildman–Crippen LogP) is 15.9. The first kappa shape index (κ1) is 66.4. The number of rotatable bonds is 47. The van der Waals surface area contributed by atoms with Crippen molar-refractivity contribution in [2.24, 2.45) is 0 Å². The van der Waals surface area contributed by atoms with Crippen LogP contribution in [0.4, 0.5) is 0 Å². The van der Waals surface area contributed by atoms with E-state index in [0.29, 0.717) is 23.9 Å². The first-order valence-corrected chi connectivity index (χ1v) is 28.7. The van der Waals surface area contributed by atoms with Gasteiger partial charge in [0.1, 0.15) is 13.2 Å². The Hall–Kier alpha value is -3.62. The highest BCUT2D eigenvalue weighted by molar-refractivity contribution is 7.45. The monoisotopic (exact) mass is 989 g/mol. The molecule has 1 amide bonds. The largest absolute Gasteiger partial charge is 0.756 e. The summed E-state index contributed by atoms with van der Waals surface area (Å²) in [4.78, 5) is 25.4. The molecule has 0 spiro atoms. The molecule has 2 N–H and O–H groups in total. The molecule has 396 valence electrons. The van der Waals surface area contributed by atoms with E-state index in [4.69, 9.17) is 9.05 Å². The zero-order valence-corrected chi connectivity index (χ0v) is 45.8. The fourth-order valence-electron chi connectivity index (χ4n) is 6.76. The van der Waals surface area contributed by atoms with Crippen LogP contribution >= 0.6 is 7.82 Å². The molecule has 0 aromatic carbocycles. The van der Waals surface area contributed by atoms with Gasteiger partial charge in [-0.1, -0.05) is 205 Å². The van der Waals surface area contributed by atoms with Crippen LogP contribution in [0.1, 0.15) is 181 Å². The van der Waals surface area contributed by atoms with Crippen LogP contribution in [-0.2, 0) is 18.4 Å². The zero-order chi connectivity index (χ0) is 51.3. The van der Waals surface area contributed by atoms with Gasteiger partial charge in [-0.25, -0.2) is 0 Å². The van der Waals surface area contributed by atoms with E-state index in [1.54, 1.807) is 6.08 Å². The number of carbonyl (C=O) groups is 1. The highest BCUT2D eigenvalue weighted by atomic mass is 31.2. The lowest BCUT2D eigenvalue weighted by atomic mass is 10.1. The van der Waals surface area contributed by atoms with Crippen LogP contribution < -0.4 is 10.2 Å². The molecule has 0 saturated heterocycles. The van der Waals surface area contributed by atoms with E-state index in [-0.39, 0.29) is 18.9 Å². The van der Waals surface area contributed by atoms with E-state index >= 15 is 0 Å². The van der Waals surface area contributed by atoms with E-state index < -0.39 is 26.6 Å². The first-order valence-electron chi connectivity index (χ1n) is 27.2. The minimum Gasteiger partial charge on any atom is -0.756 e. The fraction of sp³-hybridized carbons (Fsp3) is 0.590. The number of hydrogen-bond acceptors (Lipinski definition) is 6. The average Bonchev–Trinajstić information content (AvgIpc) is 3.32. The van der Waals surface area contributed by atoms with Crippen molar-refractivity contribution in [3.05, 3.63) is 146 Å². The van der Waals surface area contributed by atoms with Crippen molar-refractivity contribution in [1.82, 2.24) is 5.32 Å². The molecule has 0 rings (SSSR count). The van der Waals surface area contributed by atoms with Gasteiger partial charge in [0.05, 0.1) is 39.9 Å². The molecule has 9 heteroatoms. The van der Waals surface area contributed by atoms with Crippen molar-refractivity contribution in [1.29, 1.82) is 0 Å². The smallest absolute Gasteiger partial charge is 0.268 e. The molecule has 0 aromatic heterocycles. The summed E-state index contributed by atoms with van der Waals surface area (Å²) in [5, 5.41) is 13.8. The van der Waals surface area contributed by atoms with E-state index in [1.807, 2.05) is 27.2 Å². The van der Waals surface area contributed by atoms with Crippen LogP contribution in [0, 0.1) is 0 Å². The van der Waals surface area contributed by atoms with Gasteiger partial charge >= 0.3 is 0 Å². The lowest BCUT2D eigenvalue weighted by molar-refractivity contribution is -0.870. The average molecular weight is 989 g/mol. The topological polar surface area (TPSA) is 108 Å². The number of nitrogens with zero attached hydrogens (tertiary/aromatic N) is 1. The van der Waals surface area contributed by atoms with Crippen molar-refractivity contribution < 1.29 is 32.9 Å². The van der Waals surface area contributed by atoms with Gasteiger partial charge in [-0.2, -0.15) is 0 Å². The van der Waals surface area contributed by atoms with E-state index in [2.05, 4.69) is 153 Å². The Labute approximate surface area is 429 Å². The summed E-state index contributed by atoms with van der Waals surface area (Å²) in [5.41, 5.74) is 0. The fourth-order valence-corrected chi connectivity index (χ4v) is 7.49. The van der Waals surface area contributed by atoms with Crippen molar-refractivity contribution >= 4 is 13.7 Å². The minimum atomic E-state index is -4.63. The van der Waals surface area contributed by atoms with Crippen LogP contribution in [0.25, 0.3) is 0 Å². The Bertz CT molecular complexity index is 1640. The molecular weight excluding hydrogens is 888 g/mol. The number of aliphatic hydroxyl groups is 1. The van der Waals surface area contributed by atoms with Crippen LogP contribution in [0.5, 0.6) is 0 Å². The number of nitrogens with one attached hydrogen (secondary N) is 1. The molecule has 0 saturated carbocycles. The van der Waals surface area contributed by atoms with Crippen molar-refractivity contribution in [2.45, 2.75) is 193 Å². The van der Waals surface area contributed by atoms with Crippen LogP contribution in [0.15, 0.2) is 146 Å². The molecule has 0 aliphatic rings. The molecular formula is C61H101N2O6P. The third-order valence-electron chi connectivity index (χ3n) is 11.0. The van der Waals surface area contributed by atoms with Crippen LogP contribution in [0.2, 0.25) is 0 Å². The highest BCUT2D eigenvalue weighted by Gasteiger charge is 2.23. The number of phosphoric ester groups is 1. The zero-order valence-electron chi connectivity index (χ0n) is 44.9.